The average molecular weight is 141 g/mol. The lowest BCUT2D eigenvalue weighted by atomic mass is 10.1. The molecule has 0 aromatic carbocycles. The highest BCUT2D eigenvalue weighted by Gasteiger charge is 2.11. The molecule has 58 valence electrons. The summed E-state index contributed by atoms with van der Waals surface area (Å²) in [6, 6.07) is 0. The molecule has 10 heavy (non-hydrogen) atoms. The Kier molecular flexibility index (Phi) is 1.83. The maximum Gasteiger partial charge on any atom is 0.191 e. The fourth-order valence-corrected chi connectivity index (χ4v) is 0.839. The largest absolute Gasteiger partial charge is 0.355 e. The highest BCUT2D eigenvalue weighted by molar-refractivity contribution is 5.81. The maximum atomic E-state index is 4.40. The van der Waals surface area contributed by atoms with E-state index in [-0.39, 0.29) is 5.54 Å². The SMILES string of the molecule is CC(C)(C)N=C1NCCN1. The van der Waals surface area contributed by atoms with E-state index in [2.05, 4.69) is 36.4 Å². The molecule has 0 saturated carbocycles. The van der Waals surface area contributed by atoms with Gasteiger partial charge in [-0.3, -0.25) is 0 Å². The molecule has 3 heteroatoms. The Labute approximate surface area is 61.9 Å². The first-order chi connectivity index (χ1) is 4.58. The second-order valence-electron chi connectivity index (χ2n) is 3.48. The Morgan fingerprint density at radius 3 is 2.10 bits per heavy atom. The third-order valence-corrected chi connectivity index (χ3v) is 1.16. The van der Waals surface area contributed by atoms with Crippen LogP contribution in [-0.4, -0.2) is 24.6 Å². The quantitative estimate of drug-likeness (QED) is 0.510. The molecule has 1 aliphatic heterocycles. The van der Waals surface area contributed by atoms with E-state index >= 15 is 0 Å². The van der Waals surface area contributed by atoms with Gasteiger partial charge >= 0.3 is 0 Å². The molecule has 0 aromatic rings. The third kappa shape index (κ3) is 2.25. The molecule has 0 radical (unpaired) electrons. The minimum Gasteiger partial charge on any atom is -0.355 e. The van der Waals surface area contributed by atoms with Crippen molar-refractivity contribution >= 4 is 5.96 Å². The molecule has 1 rings (SSSR count). The van der Waals surface area contributed by atoms with Crippen molar-refractivity contribution in [1.82, 2.24) is 10.6 Å². The van der Waals surface area contributed by atoms with Gasteiger partial charge in [-0.25, -0.2) is 4.99 Å². The van der Waals surface area contributed by atoms with E-state index in [4.69, 9.17) is 0 Å². The molecule has 0 bridgehead atoms. The standard InChI is InChI=1S/C7H15N3/c1-7(2,3)10-6-8-4-5-9-6/h4-5H2,1-3H3,(H2,8,9,10). The number of nitrogens with one attached hydrogen (secondary N) is 2. The van der Waals surface area contributed by atoms with Crippen molar-refractivity contribution in [1.29, 1.82) is 0 Å². The summed E-state index contributed by atoms with van der Waals surface area (Å²) in [4.78, 5) is 4.40. The van der Waals surface area contributed by atoms with Gasteiger partial charge in [-0.2, -0.15) is 0 Å². The van der Waals surface area contributed by atoms with Gasteiger partial charge in [0.05, 0.1) is 5.54 Å². The van der Waals surface area contributed by atoms with Gasteiger partial charge in [-0.05, 0) is 20.8 Å². The van der Waals surface area contributed by atoms with E-state index in [0.29, 0.717) is 0 Å². The zero-order valence-corrected chi connectivity index (χ0v) is 6.86. The Morgan fingerprint density at radius 1 is 1.20 bits per heavy atom. The molecule has 1 saturated heterocycles. The van der Waals surface area contributed by atoms with Gasteiger partial charge in [0.25, 0.3) is 0 Å². The molecule has 0 atom stereocenters. The second-order valence-corrected chi connectivity index (χ2v) is 3.48. The molecule has 1 aliphatic rings. The van der Waals surface area contributed by atoms with Gasteiger partial charge in [-0.15, -0.1) is 0 Å². The van der Waals surface area contributed by atoms with Crippen molar-refractivity contribution in [2.24, 2.45) is 4.99 Å². The monoisotopic (exact) mass is 141 g/mol. The number of aliphatic imine (C=N–C) groups is 1. The number of hydrogen-bond donors (Lipinski definition) is 2. The predicted octanol–water partition coefficient (Wildman–Crippen LogP) is 0.334. The third-order valence-electron chi connectivity index (χ3n) is 1.16. The van der Waals surface area contributed by atoms with Crippen LogP contribution in [0.15, 0.2) is 4.99 Å². The number of guanidine groups is 1. The highest BCUT2D eigenvalue weighted by atomic mass is 15.2. The lowest BCUT2D eigenvalue weighted by Crippen LogP contribution is -2.28. The van der Waals surface area contributed by atoms with Crippen molar-refractivity contribution in [3.63, 3.8) is 0 Å². The van der Waals surface area contributed by atoms with Crippen LogP contribution in [0.5, 0.6) is 0 Å². The van der Waals surface area contributed by atoms with Crippen LogP contribution < -0.4 is 10.6 Å². The molecular formula is C7H15N3. The van der Waals surface area contributed by atoms with Crippen LogP contribution in [-0.2, 0) is 0 Å². The van der Waals surface area contributed by atoms with Gasteiger partial charge in [0.1, 0.15) is 0 Å². The number of rotatable bonds is 0. The fraction of sp³-hybridized carbons (Fsp3) is 0.857. The molecule has 0 spiro atoms. The van der Waals surface area contributed by atoms with Crippen molar-refractivity contribution in [2.75, 3.05) is 13.1 Å². The lowest BCUT2D eigenvalue weighted by molar-refractivity contribution is 0.579. The van der Waals surface area contributed by atoms with Gasteiger partial charge in [-0.1, -0.05) is 0 Å². The van der Waals surface area contributed by atoms with Crippen LogP contribution in [0, 0.1) is 0 Å². The normalized spacial score (nSPS) is 18.1. The summed E-state index contributed by atoms with van der Waals surface area (Å²) < 4.78 is 0. The van der Waals surface area contributed by atoms with Gasteiger partial charge in [0, 0.05) is 13.1 Å². The Morgan fingerprint density at radius 2 is 1.70 bits per heavy atom. The summed E-state index contributed by atoms with van der Waals surface area (Å²) in [5, 5.41) is 6.30. The molecule has 1 fully saturated rings. The van der Waals surface area contributed by atoms with Crippen molar-refractivity contribution < 1.29 is 0 Å². The fourth-order valence-electron chi connectivity index (χ4n) is 0.839. The molecule has 0 amide bonds. The predicted molar refractivity (Wildman–Crippen MR) is 43.2 cm³/mol. The lowest BCUT2D eigenvalue weighted by Gasteiger charge is -2.12. The zero-order chi connectivity index (χ0) is 7.61. The first-order valence-corrected chi connectivity index (χ1v) is 3.65. The Bertz CT molecular complexity index is 135. The van der Waals surface area contributed by atoms with Gasteiger partial charge < -0.3 is 10.6 Å². The Hall–Kier alpha value is -0.730. The summed E-state index contributed by atoms with van der Waals surface area (Å²) in [5.74, 6) is 0.938. The second kappa shape index (κ2) is 2.48. The van der Waals surface area contributed by atoms with Crippen LogP contribution in [0.25, 0.3) is 0 Å². The molecule has 3 nitrogen and oxygen atoms in total. The van der Waals surface area contributed by atoms with E-state index in [0.717, 1.165) is 19.0 Å². The highest BCUT2D eigenvalue weighted by Crippen LogP contribution is 2.05. The van der Waals surface area contributed by atoms with Crippen molar-refractivity contribution in [3.05, 3.63) is 0 Å². The molecular weight excluding hydrogens is 126 g/mol. The molecule has 0 unspecified atom stereocenters. The molecule has 2 N–H and O–H groups in total. The molecule has 0 aromatic heterocycles. The molecule has 0 aliphatic carbocycles. The minimum atomic E-state index is 0.0275. The summed E-state index contributed by atoms with van der Waals surface area (Å²) in [7, 11) is 0. The van der Waals surface area contributed by atoms with Gasteiger partial charge in [0.15, 0.2) is 5.96 Å². The summed E-state index contributed by atoms with van der Waals surface area (Å²) in [6.45, 7) is 8.24. The van der Waals surface area contributed by atoms with Crippen molar-refractivity contribution in [3.8, 4) is 0 Å². The van der Waals surface area contributed by atoms with Crippen LogP contribution in [0.3, 0.4) is 0 Å². The summed E-state index contributed by atoms with van der Waals surface area (Å²) in [6.07, 6.45) is 0. The molecule has 1 heterocycles. The van der Waals surface area contributed by atoms with E-state index in [1.807, 2.05) is 0 Å². The zero-order valence-electron chi connectivity index (χ0n) is 6.86. The average Bonchev–Trinajstić information content (AvgIpc) is 2.12. The first-order valence-electron chi connectivity index (χ1n) is 3.65. The summed E-state index contributed by atoms with van der Waals surface area (Å²) in [5.41, 5.74) is 0.0275. The van der Waals surface area contributed by atoms with Crippen LogP contribution >= 0.6 is 0 Å². The van der Waals surface area contributed by atoms with Crippen molar-refractivity contribution in [2.45, 2.75) is 26.3 Å². The van der Waals surface area contributed by atoms with Crippen LogP contribution in [0.1, 0.15) is 20.8 Å². The van der Waals surface area contributed by atoms with E-state index < -0.39 is 0 Å². The van der Waals surface area contributed by atoms with Crippen LogP contribution in [0.4, 0.5) is 0 Å². The van der Waals surface area contributed by atoms with E-state index in [9.17, 15) is 0 Å². The van der Waals surface area contributed by atoms with Gasteiger partial charge in [0.2, 0.25) is 0 Å². The number of hydrogen-bond acceptors (Lipinski definition) is 1. The summed E-state index contributed by atoms with van der Waals surface area (Å²) >= 11 is 0. The topological polar surface area (TPSA) is 36.4 Å². The van der Waals surface area contributed by atoms with E-state index in [1.54, 1.807) is 0 Å². The number of nitrogens with zero attached hydrogens (tertiary/aromatic N) is 1. The van der Waals surface area contributed by atoms with E-state index in [1.165, 1.54) is 0 Å². The first kappa shape index (κ1) is 7.38. The van der Waals surface area contributed by atoms with Crippen LogP contribution in [0.2, 0.25) is 0 Å². The smallest absolute Gasteiger partial charge is 0.191 e. The minimum absolute atomic E-state index is 0.0275. The maximum absolute atomic E-state index is 4.40. The Balaban J connectivity index is 2.53.